The van der Waals surface area contributed by atoms with Crippen LogP contribution in [0.2, 0.25) is 0 Å². The first-order chi connectivity index (χ1) is 6.56. The topological polar surface area (TPSA) is 76.1 Å². The molecular weight excluding hydrogens is 180 g/mol. The van der Waals surface area contributed by atoms with Crippen LogP contribution in [0.1, 0.15) is 19.5 Å². The molecule has 0 aromatic carbocycles. The van der Waals surface area contributed by atoms with E-state index in [9.17, 15) is 0 Å². The number of nitrogen functional groups attached to an aromatic ring is 1. The van der Waals surface area contributed by atoms with E-state index in [-0.39, 0.29) is 0 Å². The molecule has 1 aromatic heterocycles. The third-order valence-corrected chi connectivity index (χ3v) is 2.04. The van der Waals surface area contributed by atoms with E-state index < -0.39 is 6.10 Å². The van der Waals surface area contributed by atoms with Crippen molar-refractivity contribution in [3.8, 4) is 0 Å². The number of aryl methyl sites for hydroxylation is 2. The lowest BCUT2D eigenvalue weighted by Gasteiger charge is -2.10. The van der Waals surface area contributed by atoms with Crippen LogP contribution >= 0.6 is 0 Å². The second-order valence-electron chi connectivity index (χ2n) is 3.39. The van der Waals surface area contributed by atoms with Crippen LogP contribution in [0.15, 0.2) is 0 Å². The smallest absolute Gasteiger partial charge is 0.148 e. The molecule has 0 amide bonds. The van der Waals surface area contributed by atoms with Gasteiger partial charge in [-0.2, -0.15) is 5.10 Å². The second-order valence-corrected chi connectivity index (χ2v) is 3.39. The Morgan fingerprint density at radius 3 is 2.79 bits per heavy atom. The lowest BCUT2D eigenvalue weighted by molar-refractivity contribution is 0.208. The summed E-state index contributed by atoms with van der Waals surface area (Å²) in [6, 6.07) is 0. The van der Waals surface area contributed by atoms with E-state index >= 15 is 0 Å². The van der Waals surface area contributed by atoms with Crippen LogP contribution in [-0.2, 0) is 6.54 Å². The zero-order valence-electron chi connectivity index (χ0n) is 8.91. The van der Waals surface area contributed by atoms with Crippen molar-refractivity contribution in [3.63, 3.8) is 0 Å². The van der Waals surface area contributed by atoms with Crippen LogP contribution in [0.4, 0.5) is 11.5 Å². The Bertz CT molecular complexity index is 306. The molecule has 14 heavy (non-hydrogen) atoms. The molecule has 5 heteroatoms. The number of aliphatic hydroxyl groups is 1. The maximum Gasteiger partial charge on any atom is 0.148 e. The highest BCUT2D eigenvalue weighted by Gasteiger charge is 2.10. The number of aliphatic hydroxyl groups excluding tert-OH is 1. The summed E-state index contributed by atoms with van der Waals surface area (Å²) in [6.07, 6.45) is -0.394. The second kappa shape index (κ2) is 4.32. The van der Waals surface area contributed by atoms with Gasteiger partial charge in [-0.15, -0.1) is 0 Å². The summed E-state index contributed by atoms with van der Waals surface area (Å²) in [5, 5.41) is 16.5. The Morgan fingerprint density at radius 1 is 1.64 bits per heavy atom. The van der Waals surface area contributed by atoms with E-state index in [0.29, 0.717) is 12.2 Å². The molecule has 0 aliphatic rings. The van der Waals surface area contributed by atoms with Crippen LogP contribution in [0.5, 0.6) is 0 Å². The molecule has 0 saturated heterocycles. The average Bonchev–Trinajstić information content (AvgIpc) is 2.40. The van der Waals surface area contributed by atoms with Crippen molar-refractivity contribution < 1.29 is 5.11 Å². The highest BCUT2D eigenvalue weighted by Crippen LogP contribution is 2.21. The fraction of sp³-hybridized carbons (Fsp3) is 0.667. The Labute approximate surface area is 83.9 Å². The molecule has 0 aliphatic heterocycles. The summed E-state index contributed by atoms with van der Waals surface area (Å²) in [7, 11) is 0. The first-order valence-electron chi connectivity index (χ1n) is 4.81. The van der Waals surface area contributed by atoms with E-state index in [4.69, 9.17) is 10.8 Å². The summed E-state index contributed by atoms with van der Waals surface area (Å²) < 4.78 is 1.80. The molecule has 1 rings (SSSR count). The van der Waals surface area contributed by atoms with Crippen molar-refractivity contribution >= 4 is 11.5 Å². The monoisotopic (exact) mass is 198 g/mol. The summed E-state index contributed by atoms with van der Waals surface area (Å²) >= 11 is 0. The van der Waals surface area contributed by atoms with Crippen LogP contribution in [-0.4, -0.2) is 27.5 Å². The molecule has 0 radical (unpaired) electrons. The molecule has 0 bridgehead atoms. The molecule has 0 fully saturated rings. The van der Waals surface area contributed by atoms with Gasteiger partial charge in [-0.3, -0.25) is 0 Å². The van der Waals surface area contributed by atoms with Gasteiger partial charge in [-0.05, 0) is 20.8 Å². The van der Waals surface area contributed by atoms with Gasteiger partial charge in [0.25, 0.3) is 0 Å². The van der Waals surface area contributed by atoms with E-state index in [1.807, 2.05) is 13.8 Å². The van der Waals surface area contributed by atoms with Gasteiger partial charge in [0.15, 0.2) is 0 Å². The van der Waals surface area contributed by atoms with E-state index in [0.717, 1.165) is 18.1 Å². The first-order valence-corrected chi connectivity index (χ1v) is 4.81. The number of nitrogens with one attached hydrogen (secondary N) is 1. The van der Waals surface area contributed by atoms with Gasteiger partial charge in [0, 0.05) is 13.1 Å². The van der Waals surface area contributed by atoms with Crippen LogP contribution in [0, 0.1) is 6.92 Å². The molecule has 0 spiro atoms. The third kappa shape index (κ3) is 2.17. The number of aromatic nitrogens is 2. The minimum atomic E-state index is -0.394. The molecule has 1 heterocycles. The molecule has 5 nitrogen and oxygen atoms in total. The summed E-state index contributed by atoms with van der Waals surface area (Å²) in [5.41, 5.74) is 7.32. The maximum absolute atomic E-state index is 9.14. The number of hydrogen-bond acceptors (Lipinski definition) is 4. The molecule has 80 valence electrons. The Kier molecular flexibility index (Phi) is 3.35. The van der Waals surface area contributed by atoms with E-state index in [1.165, 1.54) is 0 Å². The molecule has 1 unspecified atom stereocenters. The van der Waals surface area contributed by atoms with Gasteiger partial charge >= 0.3 is 0 Å². The average molecular weight is 198 g/mol. The summed E-state index contributed by atoms with van der Waals surface area (Å²) in [5.74, 6) is 0.797. The molecule has 0 saturated carbocycles. The number of anilines is 2. The predicted molar refractivity (Wildman–Crippen MR) is 57.2 cm³/mol. The minimum Gasteiger partial charge on any atom is -0.394 e. The standard InChI is InChI=1S/C9H18N4O/c1-4-13-9(11-5-6(2)14)8(10)7(3)12-13/h6,11,14H,4-5,10H2,1-3H3. The summed E-state index contributed by atoms with van der Waals surface area (Å²) in [4.78, 5) is 0. The molecule has 0 aliphatic carbocycles. The number of rotatable bonds is 4. The van der Waals surface area contributed by atoms with Gasteiger partial charge in [0.2, 0.25) is 0 Å². The molecule has 4 N–H and O–H groups in total. The highest BCUT2D eigenvalue weighted by molar-refractivity contribution is 5.64. The first kappa shape index (κ1) is 10.8. The van der Waals surface area contributed by atoms with Crippen molar-refractivity contribution in [1.29, 1.82) is 0 Å². The van der Waals surface area contributed by atoms with Crippen LogP contribution in [0.25, 0.3) is 0 Å². The van der Waals surface area contributed by atoms with Gasteiger partial charge in [0.1, 0.15) is 5.82 Å². The lowest BCUT2D eigenvalue weighted by Crippen LogP contribution is -2.18. The van der Waals surface area contributed by atoms with Crippen molar-refractivity contribution in [2.75, 3.05) is 17.6 Å². The van der Waals surface area contributed by atoms with Crippen molar-refractivity contribution in [3.05, 3.63) is 5.69 Å². The van der Waals surface area contributed by atoms with Crippen LogP contribution < -0.4 is 11.1 Å². The Morgan fingerprint density at radius 2 is 2.29 bits per heavy atom. The van der Waals surface area contributed by atoms with Gasteiger partial charge in [-0.1, -0.05) is 0 Å². The molecule has 1 aromatic rings. The van der Waals surface area contributed by atoms with Gasteiger partial charge < -0.3 is 16.2 Å². The van der Waals surface area contributed by atoms with Crippen molar-refractivity contribution in [1.82, 2.24) is 9.78 Å². The van der Waals surface area contributed by atoms with E-state index in [2.05, 4.69) is 10.4 Å². The number of nitrogens with zero attached hydrogens (tertiary/aromatic N) is 2. The third-order valence-electron chi connectivity index (χ3n) is 2.04. The maximum atomic E-state index is 9.14. The molecule has 1 atom stereocenters. The van der Waals surface area contributed by atoms with Crippen LogP contribution in [0.3, 0.4) is 0 Å². The minimum absolute atomic E-state index is 0.394. The highest BCUT2D eigenvalue weighted by atomic mass is 16.3. The zero-order chi connectivity index (χ0) is 10.7. The fourth-order valence-corrected chi connectivity index (χ4v) is 1.26. The normalized spacial score (nSPS) is 12.9. The SMILES string of the molecule is CCn1nc(C)c(N)c1NCC(C)O. The number of nitrogens with two attached hydrogens (primary N) is 1. The van der Waals surface area contributed by atoms with Crippen molar-refractivity contribution in [2.45, 2.75) is 33.4 Å². The zero-order valence-corrected chi connectivity index (χ0v) is 8.91. The number of hydrogen-bond donors (Lipinski definition) is 3. The van der Waals surface area contributed by atoms with Gasteiger partial charge in [0.05, 0.1) is 17.5 Å². The molecular formula is C9H18N4O. The summed E-state index contributed by atoms with van der Waals surface area (Å²) in [6.45, 7) is 6.84. The fourth-order valence-electron chi connectivity index (χ4n) is 1.26. The lowest BCUT2D eigenvalue weighted by atomic mass is 10.3. The Hall–Kier alpha value is -1.23. The quantitative estimate of drug-likeness (QED) is 0.661. The van der Waals surface area contributed by atoms with Crippen molar-refractivity contribution in [2.24, 2.45) is 0 Å². The van der Waals surface area contributed by atoms with Gasteiger partial charge in [-0.25, -0.2) is 4.68 Å². The van der Waals surface area contributed by atoms with E-state index in [1.54, 1.807) is 11.6 Å². The Balaban J connectivity index is 2.82. The predicted octanol–water partition coefficient (Wildman–Crippen LogP) is 0.586. The largest absolute Gasteiger partial charge is 0.394 e.